The van der Waals surface area contributed by atoms with Crippen LogP contribution in [-0.2, 0) is 14.3 Å². The van der Waals surface area contributed by atoms with E-state index < -0.39 is 12.1 Å². The molecule has 6 heteroatoms. The summed E-state index contributed by atoms with van der Waals surface area (Å²) in [7, 11) is 0. The number of hydrogen-bond donors (Lipinski definition) is 3. The summed E-state index contributed by atoms with van der Waals surface area (Å²) < 4.78 is 5.47. The Kier molecular flexibility index (Phi) is 57.5. The molecular weight excluding hydrogens is 863 g/mol. The summed E-state index contributed by atoms with van der Waals surface area (Å²) in [6.07, 6.45) is 75.7. The average molecular weight is 983 g/mol. The molecule has 0 aromatic carbocycles. The number of carbonyl (C=O) groups excluding carboxylic acids is 2. The van der Waals surface area contributed by atoms with Crippen LogP contribution in [0.25, 0.3) is 0 Å². The van der Waals surface area contributed by atoms with Crippen molar-refractivity contribution in [3.05, 3.63) is 48.6 Å². The molecule has 6 nitrogen and oxygen atoms in total. The Labute approximate surface area is 436 Å². The van der Waals surface area contributed by atoms with E-state index in [-0.39, 0.29) is 18.5 Å². The summed E-state index contributed by atoms with van der Waals surface area (Å²) in [5.41, 5.74) is 0. The zero-order valence-corrected chi connectivity index (χ0v) is 46.7. The molecule has 0 saturated carbocycles. The van der Waals surface area contributed by atoms with E-state index in [9.17, 15) is 19.8 Å². The normalized spacial score (nSPS) is 12.9. The third kappa shape index (κ3) is 55.1. The summed E-state index contributed by atoms with van der Waals surface area (Å²) in [5.74, 6) is -0.0820. The molecule has 2 unspecified atom stereocenters. The number of aliphatic hydroxyl groups is 2. The third-order valence-corrected chi connectivity index (χ3v) is 14.1. The van der Waals surface area contributed by atoms with Crippen LogP contribution in [0.5, 0.6) is 0 Å². The van der Waals surface area contributed by atoms with Crippen LogP contribution in [0.2, 0.25) is 0 Å². The number of allylic oxidation sites excluding steroid dienone is 7. The molecule has 0 fully saturated rings. The van der Waals surface area contributed by atoms with Gasteiger partial charge >= 0.3 is 5.97 Å². The summed E-state index contributed by atoms with van der Waals surface area (Å²) in [4.78, 5) is 24.5. The number of ether oxygens (including phenoxy) is 1. The molecule has 0 spiro atoms. The number of aliphatic hydroxyl groups excluding tert-OH is 2. The lowest BCUT2D eigenvalue weighted by Crippen LogP contribution is -2.45. The van der Waals surface area contributed by atoms with Crippen molar-refractivity contribution in [3.63, 3.8) is 0 Å². The molecule has 2 atom stereocenters. The molecule has 3 N–H and O–H groups in total. The van der Waals surface area contributed by atoms with Gasteiger partial charge in [0.1, 0.15) is 0 Å². The Morgan fingerprint density at radius 2 is 0.729 bits per heavy atom. The predicted octanol–water partition coefficient (Wildman–Crippen LogP) is 19.4. The Balaban J connectivity index is 3.47. The highest BCUT2D eigenvalue weighted by molar-refractivity contribution is 5.76. The highest BCUT2D eigenvalue weighted by Gasteiger charge is 2.18. The number of esters is 1. The first-order chi connectivity index (χ1) is 34.5. The lowest BCUT2D eigenvalue weighted by atomic mass is 10.0. The van der Waals surface area contributed by atoms with E-state index in [4.69, 9.17) is 4.74 Å². The van der Waals surface area contributed by atoms with Crippen molar-refractivity contribution in [3.8, 4) is 0 Å². The molecule has 0 aliphatic carbocycles. The lowest BCUT2D eigenvalue weighted by molar-refractivity contribution is -0.143. The van der Waals surface area contributed by atoms with Crippen LogP contribution in [-0.4, -0.2) is 47.4 Å². The van der Waals surface area contributed by atoms with E-state index in [2.05, 4.69) is 55.6 Å². The van der Waals surface area contributed by atoms with Gasteiger partial charge in [-0.15, -0.1) is 0 Å². The fourth-order valence-electron chi connectivity index (χ4n) is 9.29. The molecule has 410 valence electrons. The number of rotatable bonds is 57. The topological polar surface area (TPSA) is 95.9 Å². The van der Waals surface area contributed by atoms with Crippen LogP contribution in [0.4, 0.5) is 0 Å². The smallest absolute Gasteiger partial charge is 0.305 e. The van der Waals surface area contributed by atoms with Crippen LogP contribution in [0.3, 0.4) is 0 Å². The maximum absolute atomic E-state index is 12.5. The molecule has 70 heavy (non-hydrogen) atoms. The van der Waals surface area contributed by atoms with E-state index in [0.717, 1.165) is 57.8 Å². The third-order valence-electron chi connectivity index (χ3n) is 14.1. The van der Waals surface area contributed by atoms with Crippen LogP contribution in [0.1, 0.15) is 322 Å². The van der Waals surface area contributed by atoms with Gasteiger partial charge < -0.3 is 20.3 Å². The van der Waals surface area contributed by atoms with Gasteiger partial charge in [0.25, 0.3) is 0 Å². The maximum Gasteiger partial charge on any atom is 0.305 e. The SMILES string of the molecule is CCCC/C=C\C/C=C\CCCCCCCC(=O)OCCCCCCCCCCCC/C=C\CCCCCCCCCC(=O)NC(CO)C(O)/C=C/CCCCCCCCCCCCCCCCCC. The van der Waals surface area contributed by atoms with E-state index >= 15 is 0 Å². The highest BCUT2D eigenvalue weighted by atomic mass is 16.5. The minimum Gasteiger partial charge on any atom is -0.466 e. The molecule has 0 aliphatic rings. The second-order valence-electron chi connectivity index (χ2n) is 21.0. The van der Waals surface area contributed by atoms with Crippen molar-refractivity contribution in [1.29, 1.82) is 0 Å². The first-order valence-corrected chi connectivity index (χ1v) is 30.9. The molecule has 0 saturated heterocycles. The minimum atomic E-state index is -0.851. The molecule has 0 aliphatic heterocycles. The molecule has 0 rings (SSSR count). The molecule has 1 amide bonds. The Morgan fingerprint density at radius 3 is 1.14 bits per heavy atom. The Bertz CT molecular complexity index is 1180. The van der Waals surface area contributed by atoms with Crippen molar-refractivity contribution >= 4 is 11.9 Å². The zero-order valence-electron chi connectivity index (χ0n) is 46.7. The Hall–Kier alpha value is -2.18. The van der Waals surface area contributed by atoms with Crippen LogP contribution in [0.15, 0.2) is 48.6 Å². The minimum absolute atomic E-state index is 0.00732. The van der Waals surface area contributed by atoms with Gasteiger partial charge in [0.15, 0.2) is 0 Å². The van der Waals surface area contributed by atoms with E-state index in [1.807, 2.05) is 6.08 Å². The van der Waals surface area contributed by atoms with Gasteiger partial charge in [-0.25, -0.2) is 0 Å². The number of carbonyl (C=O) groups is 2. The molecular formula is C64H119NO5. The maximum atomic E-state index is 12.5. The molecule has 0 bridgehead atoms. The van der Waals surface area contributed by atoms with Gasteiger partial charge in [-0.05, 0) is 83.5 Å². The highest BCUT2D eigenvalue weighted by Crippen LogP contribution is 2.17. The Morgan fingerprint density at radius 1 is 0.400 bits per heavy atom. The van der Waals surface area contributed by atoms with Crippen molar-refractivity contribution < 1.29 is 24.5 Å². The van der Waals surface area contributed by atoms with Gasteiger partial charge in [-0.1, -0.05) is 274 Å². The summed E-state index contributed by atoms with van der Waals surface area (Å²) in [5, 5.41) is 23.2. The monoisotopic (exact) mass is 982 g/mol. The van der Waals surface area contributed by atoms with Gasteiger partial charge in [0.2, 0.25) is 5.91 Å². The lowest BCUT2D eigenvalue weighted by Gasteiger charge is -2.20. The molecule has 0 radical (unpaired) electrons. The number of nitrogens with one attached hydrogen (secondary N) is 1. The quantitative estimate of drug-likeness (QED) is 0.0321. The standard InChI is InChI=1S/C64H119NO5/c1-3-5-7-9-11-13-15-17-19-20-26-29-32-36-40-44-48-52-56-62(67)61(60-66)65-63(68)57-53-49-45-41-37-33-30-27-24-22-21-23-25-28-31-35-39-43-47-51-55-59-70-64(69)58-54-50-46-42-38-34-18-16-14-12-10-8-6-4-2/h10,12,16,18,22,24,52,56,61-62,66-67H,3-9,11,13-15,17,19-21,23,25-51,53-55,57-60H2,1-2H3,(H,65,68)/b12-10-,18-16-,24-22-,56-52+. The van der Waals surface area contributed by atoms with Crippen molar-refractivity contribution in [2.45, 2.75) is 334 Å². The first-order valence-electron chi connectivity index (χ1n) is 30.9. The first kappa shape index (κ1) is 67.8. The second-order valence-corrected chi connectivity index (χ2v) is 21.0. The summed E-state index contributed by atoms with van der Waals surface area (Å²) in [6, 6.07) is -0.635. The van der Waals surface area contributed by atoms with E-state index in [0.29, 0.717) is 19.4 Å². The van der Waals surface area contributed by atoms with E-state index in [1.165, 1.54) is 238 Å². The summed E-state index contributed by atoms with van der Waals surface area (Å²) in [6.45, 7) is 4.86. The van der Waals surface area contributed by atoms with E-state index in [1.54, 1.807) is 6.08 Å². The van der Waals surface area contributed by atoms with Gasteiger partial charge in [0.05, 0.1) is 25.4 Å². The summed E-state index contributed by atoms with van der Waals surface area (Å²) >= 11 is 0. The average Bonchev–Trinajstić information content (AvgIpc) is 3.36. The van der Waals surface area contributed by atoms with Crippen LogP contribution < -0.4 is 5.32 Å². The van der Waals surface area contributed by atoms with Crippen molar-refractivity contribution in [2.75, 3.05) is 13.2 Å². The van der Waals surface area contributed by atoms with Gasteiger partial charge in [-0.3, -0.25) is 9.59 Å². The van der Waals surface area contributed by atoms with Crippen molar-refractivity contribution in [2.24, 2.45) is 0 Å². The fourth-order valence-corrected chi connectivity index (χ4v) is 9.29. The molecule has 0 aromatic rings. The number of hydrogen-bond acceptors (Lipinski definition) is 5. The fraction of sp³-hybridized carbons (Fsp3) is 0.844. The van der Waals surface area contributed by atoms with Crippen LogP contribution in [0, 0.1) is 0 Å². The van der Waals surface area contributed by atoms with Crippen molar-refractivity contribution in [1.82, 2.24) is 5.32 Å². The number of amides is 1. The second kappa shape index (κ2) is 59.4. The van der Waals surface area contributed by atoms with Gasteiger partial charge in [-0.2, -0.15) is 0 Å². The zero-order chi connectivity index (χ0) is 50.7. The largest absolute Gasteiger partial charge is 0.466 e. The predicted molar refractivity (Wildman–Crippen MR) is 306 cm³/mol. The van der Waals surface area contributed by atoms with Gasteiger partial charge in [0, 0.05) is 12.8 Å². The molecule has 0 aromatic heterocycles. The number of unbranched alkanes of at least 4 members (excludes halogenated alkanes) is 40. The molecule has 0 heterocycles. The van der Waals surface area contributed by atoms with Crippen LogP contribution >= 0.6 is 0 Å².